The van der Waals surface area contributed by atoms with Crippen molar-refractivity contribution in [3.8, 4) is 11.3 Å². The summed E-state index contributed by atoms with van der Waals surface area (Å²) in [5, 5.41) is 15.3. The summed E-state index contributed by atoms with van der Waals surface area (Å²) in [5.74, 6) is -1.04. The zero-order valence-corrected chi connectivity index (χ0v) is 11.0. The number of aromatic carboxylic acids is 1. The van der Waals surface area contributed by atoms with E-state index >= 15 is 0 Å². The number of carboxylic acids is 1. The summed E-state index contributed by atoms with van der Waals surface area (Å²) >= 11 is 6.57. The molecule has 6 heteroatoms. The topological polar surface area (TPSA) is 66.0 Å². The van der Waals surface area contributed by atoms with Gasteiger partial charge in [-0.15, -0.1) is 0 Å². The summed E-state index contributed by atoms with van der Waals surface area (Å²) in [5.41, 5.74) is 1.47. The standard InChI is InChI=1S/C10H6Br2N2O2/c11-6-3-1-2-5(4-6)8-7(12)9(10(15)16)14-13-8/h1-4H,(H,13,14)(H,15,16). The number of halogens is 2. The van der Waals surface area contributed by atoms with Crippen LogP contribution in [0, 0.1) is 0 Å². The van der Waals surface area contributed by atoms with Crippen molar-refractivity contribution in [2.45, 2.75) is 0 Å². The maximum Gasteiger partial charge on any atom is 0.355 e. The van der Waals surface area contributed by atoms with Crippen molar-refractivity contribution in [3.05, 3.63) is 38.9 Å². The van der Waals surface area contributed by atoms with Gasteiger partial charge < -0.3 is 5.11 Å². The van der Waals surface area contributed by atoms with E-state index < -0.39 is 5.97 Å². The van der Waals surface area contributed by atoms with Crippen LogP contribution in [0.25, 0.3) is 11.3 Å². The molecule has 0 aliphatic heterocycles. The molecule has 1 aromatic heterocycles. The molecule has 0 unspecified atom stereocenters. The highest BCUT2D eigenvalue weighted by Crippen LogP contribution is 2.30. The lowest BCUT2D eigenvalue weighted by molar-refractivity contribution is 0.0689. The molecule has 0 saturated heterocycles. The van der Waals surface area contributed by atoms with E-state index in [2.05, 4.69) is 42.1 Å². The maximum absolute atomic E-state index is 10.8. The summed E-state index contributed by atoms with van der Waals surface area (Å²) in [4.78, 5) is 10.8. The lowest BCUT2D eigenvalue weighted by atomic mass is 10.1. The quantitative estimate of drug-likeness (QED) is 0.877. The van der Waals surface area contributed by atoms with Crippen LogP contribution in [0.5, 0.6) is 0 Å². The first-order chi connectivity index (χ1) is 7.59. The smallest absolute Gasteiger partial charge is 0.355 e. The summed E-state index contributed by atoms with van der Waals surface area (Å²) < 4.78 is 1.37. The van der Waals surface area contributed by atoms with Crippen LogP contribution >= 0.6 is 31.9 Å². The predicted molar refractivity (Wildman–Crippen MR) is 66.4 cm³/mol. The molecule has 2 aromatic rings. The van der Waals surface area contributed by atoms with Crippen LogP contribution in [0.15, 0.2) is 33.2 Å². The fraction of sp³-hybridized carbons (Fsp3) is 0. The van der Waals surface area contributed by atoms with E-state index in [1.807, 2.05) is 24.3 Å². The molecule has 16 heavy (non-hydrogen) atoms. The molecular formula is C10H6Br2N2O2. The van der Waals surface area contributed by atoms with E-state index in [1.54, 1.807) is 0 Å². The van der Waals surface area contributed by atoms with Crippen molar-refractivity contribution in [3.63, 3.8) is 0 Å². The largest absolute Gasteiger partial charge is 0.476 e. The Hall–Kier alpha value is -1.14. The van der Waals surface area contributed by atoms with Crippen molar-refractivity contribution in [2.24, 2.45) is 0 Å². The third-order valence-corrected chi connectivity index (χ3v) is 3.28. The Kier molecular flexibility index (Phi) is 3.11. The minimum atomic E-state index is -1.04. The van der Waals surface area contributed by atoms with E-state index in [4.69, 9.17) is 5.11 Å². The van der Waals surface area contributed by atoms with Gasteiger partial charge in [0.15, 0.2) is 5.69 Å². The van der Waals surface area contributed by atoms with Gasteiger partial charge in [-0.3, -0.25) is 5.10 Å². The number of H-pyrrole nitrogens is 1. The number of hydrogen-bond donors (Lipinski definition) is 2. The van der Waals surface area contributed by atoms with Crippen molar-refractivity contribution >= 4 is 37.8 Å². The van der Waals surface area contributed by atoms with Gasteiger partial charge in [-0.25, -0.2) is 4.79 Å². The first kappa shape index (κ1) is 11.3. The van der Waals surface area contributed by atoms with E-state index in [0.717, 1.165) is 10.0 Å². The number of aromatic amines is 1. The first-order valence-corrected chi connectivity index (χ1v) is 5.91. The Morgan fingerprint density at radius 3 is 2.69 bits per heavy atom. The molecule has 0 saturated carbocycles. The predicted octanol–water partition coefficient (Wildman–Crippen LogP) is 3.30. The van der Waals surface area contributed by atoms with Crippen LogP contribution in [0.2, 0.25) is 0 Å². The fourth-order valence-electron chi connectivity index (χ4n) is 1.30. The van der Waals surface area contributed by atoms with E-state index in [9.17, 15) is 4.79 Å². The molecule has 1 heterocycles. The molecule has 1 aromatic carbocycles. The summed E-state index contributed by atoms with van der Waals surface area (Å²) in [6.45, 7) is 0. The highest BCUT2D eigenvalue weighted by molar-refractivity contribution is 9.11. The van der Waals surface area contributed by atoms with Crippen LogP contribution < -0.4 is 0 Å². The zero-order valence-electron chi connectivity index (χ0n) is 7.87. The lowest BCUT2D eigenvalue weighted by Gasteiger charge is -1.98. The van der Waals surface area contributed by atoms with Crippen LogP contribution in [0.4, 0.5) is 0 Å². The Labute approximate surface area is 108 Å². The molecule has 0 aliphatic rings. The summed E-state index contributed by atoms with van der Waals surface area (Å²) in [7, 11) is 0. The van der Waals surface area contributed by atoms with Gasteiger partial charge in [0.25, 0.3) is 0 Å². The van der Waals surface area contributed by atoms with Crippen LogP contribution in [0.1, 0.15) is 10.5 Å². The normalized spacial score (nSPS) is 10.4. The van der Waals surface area contributed by atoms with Gasteiger partial charge in [0.1, 0.15) is 5.69 Å². The molecular weight excluding hydrogens is 340 g/mol. The zero-order chi connectivity index (χ0) is 11.7. The van der Waals surface area contributed by atoms with Gasteiger partial charge in [0.05, 0.1) is 4.47 Å². The number of benzene rings is 1. The average Bonchev–Trinajstić information content (AvgIpc) is 2.60. The molecule has 0 bridgehead atoms. The highest BCUT2D eigenvalue weighted by atomic mass is 79.9. The third kappa shape index (κ3) is 2.03. The molecule has 0 spiro atoms. The molecule has 2 rings (SSSR count). The average molecular weight is 346 g/mol. The molecule has 0 aliphatic carbocycles. The van der Waals surface area contributed by atoms with E-state index in [1.165, 1.54) is 0 Å². The van der Waals surface area contributed by atoms with Gasteiger partial charge in [0, 0.05) is 10.0 Å². The molecule has 82 valence electrons. The van der Waals surface area contributed by atoms with E-state index in [-0.39, 0.29) is 5.69 Å². The number of rotatable bonds is 2. The van der Waals surface area contributed by atoms with Crippen molar-refractivity contribution in [2.75, 3.05) is 0 Å². The van der Waals surface area contributed by atoms with Gasteiger partial charge in [-0.1, -0.05) is 28.1 Å². The number of carboxylic acid groups (broad SMARTS) is 1. The fourth-order valence-corrected chi connectivity index (χ4v) is 2.27. The van der Waals surface area contributed by atoms with Gasteiger partial charge in [-0.05, 0) is 28.1 Å². The number of aromatic nitrogens is 2. The lowest BCUT2D eigenvalue weighted by Crippen LogP contribution is -1.96. The van der Waals surface area contributed by atoms with Crippen LogP contribution in [0.3, 0.4) is 0 Å². The van der Waals surface area contributed by atoms with E-state index in [0.29, 0.717) is 10.2 Å². The number of nitrogens with zero attached hydrogens (tertiary/aromatic N) is 1. The minimum Gasteiger partial charge on any atom is -0.476 e. The minimum absolute atomic E-state index is 0.0509. The number of carbonyl (C=O) groups is 1. The molecule has 2 N–H and O–H groups in total. The van der Waals surface area contributed by atoms with Crippen molar-refractivity contribution in [1.29, 1.82) is 0 Å². The second kappa shape index (κ2) is 4.39. The molecule has 0 fully saturated rings. The van der Waals surface area contributed by atoms with Gasteiger partial charge >= 0.3 is 5.97 Å². The monoisotopic (exact) mass is 344 g/mol. The molecule has 4 nitrogen and oxygen atoms in total. The van der Waals surface area contributed by atoms with Crippen LogP contribution in [-0.2, 0) is 0 Å². The van der Waals surface area contributed by atoms with Crippen LogP contribution in [-0.4, -0.2) is 21.3 Å². The second-order valence-corrected chi connectivity index (χ2v) is 4.79. The highest BCUT2D eigenvalue weighted by Gasteiger charge is 2.17. The molecule has 0 radical (unpaired) electrons. The first-order valence-electron chi connectivity index (χ1n) is 4.32. The Morgan fingerprint density at radius 1 is 1.38 bits per heavy atom. The summed E-state index contributed by atoms with van der Waals surface area (Å²) in [6.07, 6.45) is 0. The third-order valence-electron chi connectivity index (χ3n) is 2.02. The maximum atomic E-state index is 10.8. The molecule has 0 atom stereocenters. The molecule has 0 amide bonds. The SMILES string of the molecule is O=C(O)c1[nH]nc(-c2cccc(Br)c2)c1Br. The Bertz CT molecular complexity index is 552. The van der Waals surface area contributed by atoms with Crippen molar-refractivity contribution in [1.82, 2.24) is 10.2 Å². The Balaban J connectivity index is 2.53. The van der Waals surface area contributed by atoms with Crippen molar-refractivity contribution < 1.29 is 9.90 Å². The Morgan fingerprint density at radius 2 is 2.12 bits per heavy atom. The summed E-state index contributed by atoms with van der Waals surface area (Å²) in [6, 6.07) is 7.48. The van der Waals surface area contributed by atoms with Gasteiger partial charge in [0.2, 0.25) is 0 Å². The second-order valence-electron chi connectivity index (χ2n) is 3.08. The number of hydrogen-bond acceptors (Lipinski definition) is 2. The number of nitrogens with one attached hydrogen (secondary N) is 1. The van der Waals surface area contributed by atoms with Gasteiger partial charge in [-0.2, -0.15) is 5.10 Å².